The van der Waals surface area contributed by atoms with Gasteiger partial charge in [0.2, 0.25) is 0 Å². The molecule has 2 rings (SSSR count). The van der Waals surface area contributed by atoms with Crippen LogP contribution in [0.5, 0.6) is 0 Å². The molecule has 0 saturated carbocycles. The van der Waals surface area contributed by atoms with Crippen molar-refractivity contribution in [3.63, 3.8) is 0 Å². The summed E-state index contributed by atoms with van der Waals surface area (Å²) in [5.41, 5.74) is 0.621. The van der Waals surface area contributed by atoms with Gasteiger partial charge >= 0.3 is 0 Å². The Morgan fingerprint density at radius 1 is 1.19 bits per heavy atom. The predicted molar refractivity (Wildman–Crippen MR) is 66.7 cm³/mol. The molecule has 1 spiro atoms. The summed E-state index contributed by atoms with van der Waals surface area (Å²) in [6, 6.07) is 0. The first-order chi connectivity index (χ1) is 7.70. The molecule has 2 fully saturated rings. The zero-order valence-electron chi connectivity index (χ0n) is 10.9. The highest BCUT2D eigenvalue weighted by Crippen LogP contribution is 2.39. The van der Waals surface area contributed by atoms with Gasteiger partial charge in [-0.1, -0.05) is 0 Å². The molecule has 0 bridgehead atoms. The van der Waals surface area contributed by atoms with Gasteiger partial charge in [-0.25, -0.2) is 0 Å². The van der Waals surface area contributed by atoms with Crippen LogP contribution in [0.25, 0.3) is 0 Å². The Labute approximate surface area is 99.7 Å². The molecule has 2 saturated heterocycles. The van der Waals surface area contributed by atoms with Crippen molar-refractivity contribution in [3.8, 4) is 0 Å². The summed E-state index contributed by atoms with van der Waals surface area (Å²) in [5.74, 6) is 0. The Bertz CT molecular complexity index is 212. The van der Waals surface area contributed by atoms with Crippen LogP contribution in [0.3, 0.4) is 0 Å². The van der Waals surface area contributed by atoms with Crippen LogP contribution in [0.2, 0.25) is 0 Å². The fraction of sp³-hybridized carbons (Fsp3) is 1.00. The maximum atomic E-state index is 5.48. The van der Waals surface area contributed by atoms with Gasteiger partial charge in [0.05, 0.1) is 0 Å². The van der Waals surface area contributed by atoms with Gasteiger partial charge in [0.15, 0.2) is 0 Å². The number of rotatable bonds is 4. The molecule has 2 aliphatic heterocycles. The molecule has 2 aliphatic rings. The van der Waals surface area contributed by atoms with Crippen LogP contribution in [0.1, 0.15) is 25.7 Å². The first-order valence-corrected chi connectivity index (χ1v) is 6.65. The van der Waals surface area contributed by atoms with Crippen molar-refractivity contribution >= 4 is 0 Å². The maximum absolute atomic E-state index is 5.48. The molecular formula is C13H26N2O. The van der Waals surface area contributed by atoms with E-state index in [0.29, 0.717) is 5.41 Å². The van der Waals surface area contributed by atoms with E-state index >= 15 is 0 Å². The molecule has 0 aromatic carbocycles. The topological polar surface area (TPSA) is 15.7 Å². The summed E-state index contributed by atoms with van der Waals surface area (Å²) < 4.78 is 5.48. The molecule has 0 aliphatic carbocycles. The fourth-order valence-corrected chi connectivity index (χ4v) is 3.04. The van der Waals surface area contributed by atoms with Gasteiger partial charge in [0.1, 0.15) is 0 Å². The van der Waals surface area contributed by atoms with Crippen molar-refractivity contribution in [1.82, 2.24) is 9.80 Å². The molecule has 0 atom stereocenters. The van der Waals surface area contributed by atoms with Gasteiger partial charge in [-0.15, -0.1) is 0 Å². The number of nitrogens with zero attached hydrogens (tertiary/aromatic N) is 2. The minimum absolute atomic E-state index is 0.621. The summed E-state index contributed by atoms with van der Waals surface area (Å²) in [7, 11) is 4.31. The lowest BCUT2D eigenvalue weighted by Crippen LogP contribution is -2.33. The Balaban J connectivity index is 1.70. The van der Waals surface area contributed by atoms with E-state index in [1.807, 2.05) is 0 Å². The Morgan fingerprint density at radius 2 is 1.94 bits per heavy atom. The van der Waals surface area contributed by atoms with Crippen LogP contribution >= 0.6 is 0 Å². The number of hydrogen-bond donors (Lipinski definition) is 0. The first kappa shape index (κ1) is 12.3. The second-order valence-electron chi connectivity index (χ2n) is 5.80. The van der Waals surface area contributed by atoms with Crippen molar-refractivity contribution < 1.29 is 4.74 Å². The average Bonchev–Trinajstić information content (AvgIpc) is 2.62. The minimum atomic E-state index is 0.621. The third kappa shape index (κ3) is 3.19. The van der Waals surface area contributed by atoms with Crippen LogP contribution in [-0.2, 0) is 4.74 Å². The quantitative estimate of drug-likeness (QED) is 0.721. The van der Waals surface area contributed by atoms with E-state index in [4.69, 9.17) is 4.74 Å². The van der Waals surface area contributed by atoms with E-state index in [2.05, 4.69) is 23.9 Å². The largest absolute Gasteiger partial charge is 0.381 e. The number of ether oxygens (including phenoxy) is 1. The number of hydrogen-bond acceptors (Lipinski definition) is 3. The third-order valence-corrected chi connectivity index (χ3v) is 4.15. The Hall–Kier alpha value is -0.120. The maximum Gasteiger partial charge on any atom is 0.0471 e. The molecule has 0 unspecified atom stereocenters. The molecular weight excluding hydrogens is 200 g/mol. The lowest BCUT2D eigenvalue weighted by molar-refractivity contribution is 0.0193. The number of likely N-dealkylation sites (tertiary alicyclic amines) is 1. The van der Waals surface area contributed by atoms with Crippen LogP contribution in [-0.4, -0.2) is 63.3 Å². The first-order valence-electron chi connectivity index (χ1n) is 6.65. The summed E-state index contributed by atoms with van der Waals surface area (Å²) in [6.45, 7) is 7.11. The van der Waals surface area contributed by atoms with Crippen molar-refractivity contribution in [2.24, 2.45) is 5.41 Å². The average molecular weight is 226 g/mol. The van der Waals surface area contributed by atoms with Crippen LogP contribution in [0.15, 0.2) is 0 Å². The molecule has 3 heteroatoms. The van der Waals surface area contributed by atoms with Crippen LogP contribution in [0, 0.1) is 5.41 Å². The predicted octanol–water partition coefficient (Wildman–Crippen LogP) is 1.44. The van der Waals surface area contributed by atoms with E-state index in [1.54, 1.807) is 0 Å². The van der Waals surface area contributed by atoms with E-state index in [9.17, 15) is 0 Å². The fourth-order valence-electron chi connectivity index (χ4n) is 3.04. The van der Waals surface area contributed by atoms with Gasteiger partial charge in [-0.05, 0) is 64.8 Å². The molecule has 16 heavy (non-hydrogen) atoms. The van der Waals surface area contributed by atoms with E-state index in [0.717, 1.165) is 13.2 Å². The molecule has 0 N–H and O–H groups in total. The second-order valence-corrected chi connectivity index (χ2v) is 5.80. The van der Waals surface area contributed by atoms with E-state index in [-0.39, 0.29) is 0 Å². The molecule has 0 aromatic rings. The molecule has 3 nitrogen and oxygen atoms in total. The zero-order chi connectivity index (χ0) is 11.4. The van der Waals surface area contributed by atoms with E-state index < -0.39 is 0 Å². The summed E-state index contributed by atoms with van der Waals surface area (Å²) in [5, 5.41) is 0. The van der Waals surface area contributed by atoms with E-state index in [1.165, 1.54) is 51.9 Å². The monoisotopic (exact) mass is 226 g/mol. The Kier molecular flexibility index (Phi) is 4.22. The minimum Gasteiger partial charge on any atom is -0.381 e. The molecule has 0 radical (unpaired) electrons. The molecule has 0 amide bonds. The smallest absolute Gasteiger partial charge is 0.0471 e. The van der Waals surface area contributed by atoms with Gasteiger partial charge in [-0.2, -0.15) is 0 Å². The lowest BCUT2D eigenvalue weighted by atomic mass is 9.80. The summed E-state index contributed by atoms with van der Waals surface area (Å²) in [6.07, 6.45) is 5.28. The Morgan fingerprint density at radius 3 is 2.62 bits per heavy atom. The van der Waals surface area contributed by atoms with Crippen molar-refractivity contribution in [2.75, 3.05) is 53.5 Å². The van der Waals surface area contributed by atoms with Gasteiger partial charge in [-0.3, -0.25) is 0 Å². The van der Waals surface area contributed by atoms with Gasteiger partial charge in [0, 0.05) is 19.8 Å². The normalized spacial score (nSPS) is 25.7. The standard InChI is InChI=1S/C13H26N2O/c1-14(2)7-3-8-15-9-4-13(12-15)5-10-16-11-6-13/h3-12H2,1-2H3. The third-order valence-electron chi connectivity index (χ3n) is 4.15. The highest BCUT2D eigenvalue weighted by Gasteiger charge is 2.38. The van der Waals surface area contributed by atoms with Gasteiger partial charge < -0.3 is 14.5 Å². The van der Waals surface area contributed by atoms with Crippen LogP contribution < -0.4 is 0 Å². The molecule has 94 valence electrons. The van der Waals surface area contributed by atoms with Gasteiger partial charge in [0.25, 0.3) is 0 Å². The molecule has 2 heterocycles. The second kappa shape index (κ2) is 5.48. The lowest BCUT2D eigenvalue weighted by Gasteiger charge is -2.33. The summed E-state index contributed by atoms with van der Waals surface area (Å²) >= 11 is 0. The highest BCUT2D eigenvalue weighted by atomic mass is 16.5. The SMILES string of the molecule is CN(C)CCCN1CCC2(CCOCC2)C1. The summed E-state index contributed by atoms with van der Waals surface area (Å²) in [4.78, 5) is 4.94. The van der Waals surface area contributed by atoms with Crippen molar-refractivity contribution in [2.45, 2.75) is 25.7 Å². The molecule has 0 aromatic heterocycles. The highest BCUT2D eigenvalue weighted by molar-refractivity contribution is 4.91. The zero-order valence-corrected chi connectivity index (χ0v) is 10.9. The van der Waals surface area contributed by atoms with Crippen molar-refractivity contribution in [1.29, 1.82) is 0 Å². The van der Waals surface area contributed by atoms with Crippen LogP contribution in [0.4, 0.5) is 0 Å². The van der Waals surface area contributed by atoms with Crippen molar-refractivity contribution in [3.05, 3.63) is 0 Å².